The lowest BCUT2D eigenvalue weighted by atomic mass is 9.87. The molecule has 0 unspecified atom stereocenters. The van der Waals surface area contributed by atoms with Crippen molar-refractivity contribution < 1.29 is 9.59 Å². The van der Waals surface area contributed by atoms with Gasteiger partial charge in [0.1, 0.15) is 0 Å². The largest absolute Gasteiger partial charge is 0.268 e. The lowest BCUT2D eigenvalue weighted by molar-refractivity contribution is 0.0926. The number of hydrogen-bond donors (Lipinski definition) is 0. The molecule has 0 atom stereocenters. The van der Waals surface area contributed by atoms with Crippen molar-refractivity contribution in [3.63, 3.8) is 0 Å². The van der Waals surface area contributed by atoms with Crippen LogP contribution in [-0.2, 0) is 11.2 Å². The van der Waals surface area contributed by atoms with Crippen LogP contribution in [0.3, 0.4) is 0 Å². The van der Waals surface area contributed by atoms with Gasteiger partial charge in [0.15, 0.2) is 4.34 Å². The van der Waals surface area contributed by atoms with Crippen LogP contribution in [0.1, 0.15) is 52.6 Å². The van der Waals surface area contributed by atoms with E-state index in [9.17, 15) is 9.59 Å². The highest BCUT2D eigenvalue weighted by atomic mass is 32.2. The molecule has 5 rings (SSSR count). The van der Waals surface area contributed by atoms with Crippen LogP contribution in [0, 0.1) is 0 Å². The van der Waals surface area contributed by atoms with Crippen LogP contribution < -0.4 is 4.90 Å². The molecule has 160 valence electrons. The van der Waals surface area contributed by atoms with E-state index >= 15 is 0 Å². The van der Waals surface area contributed by atoms with Crippen LogP contribution >= 0.6 is 23.1 Å². The molecule has 32 heavy (non-hydrogen) atoms. The van der Waals surface area contributed by atoms with Crippen molar-refractivity contribution in [1.29, 1.82) is 0 Å². The number of imide groups is 1. The van der Waals surface area contributed by atoms with Gasteiger partial charge >= 0.3 is 0 Å². The minimum atomic E-state index is -0.275. The Labute approximate surface area is 195 Å². The number of thiazole rings is 1. The number of rotatable bonds is 4. The molecule has 2 heterocycles. The number of thioether (sulfide) groups is 1. The highest BCUT2D eigenvalue weighted by molar-refractivity contribution is 8.00. The summed E-state index contributed by atoms with van der Waals surface area (Å²) < 4.78 is 1.93. The topological polar surface area (TPSA) is 50.3 Å². The van der Waals surface area contributed by atoms with Crippen molar-refractivity contribution >= 4 is 50.8 Å². The van der Waals surface area contributed by atoms with E-state index < -0.39 is 0 Å². The van der Waals surface area contributed by atoms with Gasteiger partial charge in [0.25, 0.3) is 11.8 Å². The van der Waals surface area contributed by atoms with Crippen molar-refractivity contribution in [2.24, 2.45) is 0 Å². The highest BCUT2D eigenvalue weighted by Crippen LogP contribution is 2.36. The van der Waals surface area contributed by atoms with Crippen molar-refractivity contribution in [2.45, 2.75) is 36.3 Å². The zero-order chi connectivity index (χ0) is 22.5. The van der Waals surface area contributed by atoms with Crippen LogP contribution in [0.5, 0.6) is 0 Å². The summed E-state index contributed by atoms with van der Waals surface area (Å²) in [7, 11) is 0. The summed E-state index contributed by atoms with van der Waals surface area (Å²) in [5.41, 5.74) is 5.10. The number of fused-ring (bicyclic) bond motifs is 2. The Morgan fingerprint density at radius 3 is 2.19 bits per heavy atom. The van der Waals surface area contributed by atoms with Crippen LogP contribution in [0.2, 0.25) is 0 Å². The third-order valence-electron chi connectivity index (χ3n) is 5.59. The third kappa shape index (κ3) is 3.74. The Kier molecular flexibility index (Phi) is 5.14. The molecule has 0 radical (unpaired) electrons. The van der Waals surface area contributed by atoms with E-state index in [4.69, 9.17) is 4.98 Å². The Morgan fingerprint density at radius 2 is 1.56 bits per heavy atom. The van der Waals surface area contributed by atoms with Gasteiger partial charge in [-0.25, -0.2) is 9.88 Å². The van der Waals surface area contributed by atoms with E-state index in [-0.39, 0.29) is 17.2 Å². The maximum absolute atomic E-state index is 12.8. The van der Waals surface area contributed by atoms with Crippen LogP contribution in [-0.4, -0.2) is 16.8 Å². The van der Waals surface area contributed by atoms with Crippen molar-refractivity contribution in [3.05, 3.63) is 89.0 Å². The lowest BCUT2D eigenvalue weighted by Gasteiger charge is -2.19. The molecule has 3 aromatic carbocycles. The second-order valence-electron chi connectivity index (χ2n) is 8.86. The van der Waals surface area contributed by atoms with E-state index in [0.29, 0.717) is 16.8 Å². The fourth-order valence-electron chi connectivity index (χ4n) is 3.76. The molecule has 0 spiro atoms. The number of amides is 2. The molecule has 1 aliphatic heterocycles. The predicted octanol–water partition coefficient (Wildman–Crippen LogP) is 6.69. The summed E-state index contributed by atoms with van der Waals surface area (Å²) in [5, 5.41) is 0. The quantitative estimate of drug-likeness (QED) is 0.253. The zero-order valence-electron chi connectivity index (χ0n) is 18.1. The van der Waals surface area contributed by atoms with Gasteiger partial charge in [-0.2, -0.15) is 0 Å². The zero-order valence-corrected chi connectivity index (χ0v) is 19.7. The molecular weight excluding hydrogens is 436 g/mol. The summed E-state index contributed by atoms with van der Waals surface area (Å²) in [6.45, 7) is 6.65. The first-order valence-corrected chi connectivity index (χ1v) is 12.2. The summed E-state index contributed by atoms with van der Waals surface area (Å²) in [6.07, 6.45) is 0. The van der Waals surface area contributed by atoms with Gasteiger partial charge in [-0.3, -0.25) is 9.59 Å². The SMILES string of the molecule is CC(C)(C)c1ccc(CSc2nc3ccc(N4C(=O)c5ccccc5C4=O)cc3s2)cc1. The van der Waals surface area contributed by atoms with Crippen molar-refractivity contribution in [2.75, 3.05) is 4.90 Å². The van der Waals surface area contributed by atoms with Gasteiger partial charge < -0.3 is 0 Å². The van der Waals surface area contributed by atoms with Crippen LogP contribution in [0.4, 0.5) is 5.69 Å². The molecule has 0 N–H and O–H groups in total. The number of aromatic nitrogens is 1. The number of hydrogen-bond acceptors (Lipinski definition) is 5. The second kappa shape index (κ2) is 7.87. The van der Waals surface area contributed by atoms with Gasteiger partial charge in [-0.1, -0.05) is 68.9 Å². The summed E-state index contributed by atoms with van der Waals surface area (Å²) in [4.78, 5) is 31.5. The molecule has 4 aromatic rings. The fourth-order valence-corrected chi connectivity index (χ4v) is 5.82. The summed E-state index contributed by atoms with van der Waals surface area (Å²) in [6, 6.07) is 21.3. The minimum absolute atomic E-state index is 0.149. The molecule has 1 aromatic heterocycles. The average molecular weight is 459 g/mol. The monoisotopic (exact) mass is 458 g/mol. The summed E-state index contributed by atoms with van der Waals surface area (Å²) >= 11 is 3.29. The predicted molar refractivity (Wildman–Crippen MR) is 132 cm³/mol. The van der Waals surface area contributed by atoms with Gasteiger partial charge in [-0.05, 0) is 46.9 Å². The maximum atomic E-state index is 12.8. The Balaban J connectivity index is 1.35. The lowest BCUT2D eigenvalue weighted by Crippen LogP contribution is -2.29. The highest BCUT2D eigenvalue weighted by Gasteiger charge is 2.36. The first-order chi connectivity index (χ1) is 15.3. The van der Waals surface area contributed by atoms with E-state index in [1.807, 2.05) is 12.1 Å². The number of carbonyl (C=O) groups excluding carboxylic acids is 2. The molecular formula is C26H22N2O2S2. The molecule has 0 bridgehead atoms. The van der Waals surface area contributed by atoms with E-state index in [1.54, 1.807) is 53.4 Å². The Hall–Kier alpha value is -2.96. The standard InChI is InChI=1S/C26H22N2O2S2/c1-26(2,3)17-10-8-16(9-11-17)15-31-25-27-21-13-12-18(14-22(21)32-25)28-23(29)19-6-4-5-7-20(19)24(28)30/h4-14H,15H2,1-3H3. The molecule has 2 amide bonds. The first-order valence-electron chi connectivity index (χ1n) is 10.4. The Morgan fingerprint density at radius 1 is 0.906 bits per heavy atom. The molecule has 0 aliphatic carbocycles. The first kappa shape index (κ1) is 20.9. The molecule has 0 saturated carbocycles. The van der Waals surface area contributed by atoms with Gasteiger partial charge in [0.05, 0.1) is 27.0 Å². The Bertz CT molecular complexity index is 1320. The molecule has 1 aliphatic rings. The second-order valence-corrected chi connectivity index (χ2v) is 11.1. The molecule has 6 heteroatoms. The number of anilines is 1. The normalized spacial score (nSPS) is 13.8. The number of nitrogens with zero attached hydrogens (tertiary/aromatic N) is 2. The molecule has 4 nitrogen and oxygen atoms in total. The van der Waals surface area contributed by atoms with E-state index in [0.717, 1.165) is 20.3 Å². The summed E-state index contributed by atoms with van der Waals surface area (Å²) in [5.74, 6) is 0.292. The van der Waals surface area contributed by atoms with Gasteiger partial charge in [-0.15, -0.1) is 11.3 Å². The van der Waals surface area contributed by atoms with Crippen molar-refractivity contribution in [3.8, 4) is 0 Å². The van der Waals surface area contributed by atoms with E-state index in [2.05, 4.69) is 45.0 Å². The molecule has 0 saturated heterocycles. The van der Waals surface area contributed by atoms with Gasteiger partial charge in [0.2, 0.25) is 0 Å². The number of benzene rings is 3. The number of carbonyl (C=O) groups is 2. The van der Waals surface area contributed by atoms with Crippen LogP contribution in [0.15, 0.2) is 71.1 Å². The minimum Gasteiger partial charge on any atom is -0.268 e. The molecule has 0 fully saturated rings. The smallest absolute Gasteiger partial charge is 0.266 e. The van der Waals surface area contributed by atoms with Crippen molar-refractivity contribution in [1.82, 2.24) is 4.98 Å². The van der Waals surface area contributed by atoms with Gasteiger partial charge in [0, 0.05) is 5.75 Å². The average Bonchev–Trinajstić information content (AvgIpc) is 3.30. The van der Waals surface area contributed by atoms with Crippen LogP contribution in [0.25, 0.3) is 10.2 Å². The maximum Gasteiger partial charge on any atom is 0.266 e. The fraction of sp³-hybridized carbons (Fsp3) is 0.192. The van der Waals surface area contributed by atoms with E-state index in [1.165, 1.54) is 16.0 Å². The third-order valence-corrected chi connectivity index (χ3v) is 7.82.